The van der Waals surface area contributed by atoms with Crippen molar-refractivity contribution in [3.8, 4) is 0 Å². The molecule has 0 aliphatic carbocycles. The van der Waals surface area contributed by atoms with Crippen molar-refractivity contribution in [3.63, 3.8) is 0 Å². The fraction of sp³-hybridized carbons (Fsp3) is 0.462. The molecule has 0 atom stereocenters. The van der Waals surface area contributed by atoms with Gasteiger partial charge in [0.15, 0.2) is 0 Å². The van der Waals surface area contributed by atoms with Gasteiger partial charge in [-0.05, 0) is 43.0 Å². The average molecular weight is 300 g/mol. The molecule has 20 heavy (non-hydrogen) atoms. The number of benzene rings is 1. The first-order valence-electron chi connectivity index (χ1n) is 6.22. The molecule has 6 nitrogen and oxygen atoms in total. The van der Waals surface area contributed by atoms with Crippen molar-refractivity contribution in [2.45, 2.75) is 32.1 Å². The van der Waals surface area contributed by atoms with E-state index in [1.54, 1.807) is 26.8 Å². The SMILES string of the molecule is Cc1cc(C)c(S(=O)(=O)NCCN)c(C)c1CC(=O)O. The zero-order valence-corrected chi connectivity index (χ0v) is 12.7. The topological polar surface area (TPSA) is 109 Å². The quantitative estimate of drug-likeness (QED) is 0.707. The Labute approximate surface area is 119 Å². The maximum atomic E-state index is 12.3. The Morgan fingerprint density at radius 2 is 1.90 bits per heavy atom. The van der Waals surface area contributed by atoms with E-state index in [0.29, 0.717) is 16.7 Å². The van der Waals surface area contributed by atoms with Crippen LogP contribution in [-0.2, 0) is 21.2 Å². The summed E-state index contributed by atoms with van der Waals surface area (Å²) < 4.78 is 26.9. The Bertz CT molecular complexity index is 624. The molecule has 0 saturated carbocycles. The lowest BCUT2D eigenvalue weighted by atomic mass is 9.97. The predicted molar refractivity (Wildman–Crippen MR) is 76.2 cm³/mol. The van der Waals surface area contributed by atoms with Gasteiger partial charge in [-0.25, -0.2) is 13.1 Å². The van der Waals surface area contributed by atoms with Gasteiger partial charge in [-0.3, -0.25) is 4.79 Å². The third kappa shape index (κ3) is 3.56. The minimum atomic E-state index is -3.68. The highest BCUT2D eigenvalue weighted by molar-refractivity contribution is 7.89. The molecular weight excluding hydrogens is 280 g/mol. The highest BCUT2D eigenvalue weighted by atomic mass is 32.2. The number of carboxylic acid groups (broad SMARTS) is 1. The first kappa shape index (κ1) is 16.6. The molecule has 0 fully saturated rings. The van der Waals surface area contributed by atoms with E-state index in [4.69, 9.17) is 10.8 Å². The van der Waals surface area contributed by atoms with Crippen LogP contribution in [0.25, 0.3) is 0 Å². The monoisotopic (exact) mass is 300 g/mol. The highest BCUT2D eigenvalue weighted by Crippen LogP contribution is 2.26. The number of rotatable bonds is 6. The van der Waals surface area contributed by atoms with E-state index in [9.17, 15) is 13.2 Å². The number of carboxylic acids is 1. The lowest BCUT2D eigenvalue weighted by Gasteiger charge is -2.17. The van der Waals surface area contributed by atoms with Gasteiger partial charge in [-0.15, -0.1) is 0 Å². The molecule has 0 aliphatic rings. The van der Waals surface area contributed by atoms with Gasteiger partial charge in [0.05, 0.1) is 11.3 Å². The summed E-state index contributed by atoms with van der Waals surface area (Å²) in [7, 11) is -3.68. The van der Waals surface area contributed by atoms with Crippen LogP contribution in [-0.4, -0.2) is 32.6 Å². The smallest absolute Gasteiger partial charge is 0.307 e. The molecule has 0 heterocycles. The molecule has 0 saturated heterocycles. The van der Waals surface area contributed by atoms with E-state index in [0.717, 1.165) is 5.56 Å². The van der Waals surface area contributed by atoms with Crippen molar-refractivity contribution in [2.75, 3.05) is 13.1 Å². The van der Waals surface area contributed by atoms with Crippen molar-refractivity contribution in [1.82, 2.24) is 4.72 Å². The largest absolute Gasteiger partial charge is 0.481 e. The minimum absolute atomic E-state index is 0.142. The van der Waals surface area contributed by atoms with Crippen molar-refractivity contribution in [1.29, 1.82) is 0 Å². The summed E-state index contributed by atoms with van der Waals surface area (Å²) in [6.45, 7) is 5.45. The molecule has 1 aromatic carbocycles. The van der Waals surface area contributed by atoms with Crippen molar-refractivity contribution >= 4 is 16.0 Å². The molecule has 0 unspecified atom stereocenters. The summed E-state index contributed by atoms with van der Waals surface area (Å²) in [5, 5.41) is 8.94. The Balaban J connectivity index is 3.44. The molecule has 0 aliphatic heterocycles. The van der Waals surface area contributed by atoms with Crippen molar-refractivity contribution < 1.29 is 18.3 Å². The Kier molecular flexibility index (Phi) is 5.27. The Hall–Kier alpha value is -1.44. The summed E-state index contributed by atoms with van der Waals surface area (Å²) in [5.74, 6) is -0.988. The molecule has 4 N–H and O–H groups in total. The summed E-state index contributed by atoms with van der Waals surface area (Å²) in [4.78, 5) is 11.1. The number of hydrogen-bond acceptors (Lipinski definition) is 4. The molecular formula is C13H20N2O4S. The van der Waals surface area contributed by atoms with E-state index in [-0.39, 0.29) is 24.4 Å². The Morgan fingerprint density at radius 1 is 1.30 bits per heavy atom. The molecule has 7 heteroatoms. The second kappa shape index (κ2) is 6.34. The predicted octanol–water partition coefficient (Wildman–Crippen LogP) is 0.476. The van der Waals surface area contributed by atoms with Crippen LogP contribution in [0.3, 0.4) is 0 Å². The first-order chi connectivity index (χ1) is 9.20. The van der Waals surface area contributed by atoms with Crippen LogP contribution in [0.15, 0.2) is 11.0 Å². The number of sulfonamides is 1. The van der Waals surface area contributed by atoms with Gasteiger partial charge in [0.2, 0.25) is 10.0 Å². The maximum Gasteiger partial charge on any atom is 0.307 e. The Morgan fingerprint density at radius 3 is 2.40 bits per heavy atom. The highest BCUT2D eigenvalue weighted by Gasteiger charge is 2.22. The third-order valence-corrected chi connectivity index (χ3v) is 4.84. The van der Waals surface area contributed by atoms with Crippen molar-refractivity contribution in [3.05, 3.63) is 28.3 Å². The average Bonchev–Trinajstić information content (AvgIpc) is 2.31. The summed E-state index contributed by atoms with van der Waals surface area (Å²) in [5.41, 5.74) is 7.70. The van der Waals surface area contributed by atoms with Crippen molar-refractivity contribution in [2.24, 2.45) is 5.73 Å². The number of nitrogens with one attached hydrogen (secondary N) is 1. The number of aliphatic carboxylic acids is 1. The molecule has 0 amide bonds. The van der Waals surface area contributed by atoms with Gasteiger partial charge in [0, 0.05) is 13.1 Å². The van der Waals surface area contributed by atoms with Gasteiger partial charge in [0.1, 0.15) is 0 Å². The number of carbonyl (C=O) groups is 1. The van der Waals surface area contributed by atoms with Gasteiger partial charge >= 0.3 is 5.97 Å². The standard InChI is InChI=1S/C13H20N2O4S/c1-8-6-9(2)13(20(18,19)15-5-4-14)10(3)11(8)7-12(16)17/h6,15H,4-5,7,14H2,1-3H3,(H,16,17). The summed E-state index contributed by atoms with van der Waals surface area (Å²) in [6, 6.07) is 1.70. The number of nitrogens with two attached hydrogens (primary N) is 1. The van der Waals surface area contributed by atoms with Crippen LogP contribution in [0, 0.1) is 20.8 Å². The molecule has 0 bridgehead atoms. The fourth-order valence-corrected chi connectivity index (χ4v) is 3.85. The fourth-order valence-electron chi connectivity index (χ4n) is 2.31. The third-order valence-electron chi connectivity index (χ3n) is 3.09. The number of aryl methyl sites for hydroxylation is 2. The zero-order chi connectivity index (χ0) is 15.5. The van der Waals surface area contributed by atoms with Gasteiger partial charge in [-0.2, -0.15) is 0 Å². The zero-order valence-electron chi connectivity index (χ0n) is 11.9. The molecule has 0 aromatic heterocycles. The molecule has 0 radical (unpaired) electrons. The summed E-state index contributed by atoms with van der Waals surface area (Å²) in [6.07, 6.45) is -0.197. The van der Waals surface area contributed by atoms with Crippen LogP contribution < -0.4 is 10.5 Å². The van der Waals surface area contributed by atoms with Crippen LogP contribution in [0.5, 0.6) is 0 Å². The second-order valence-corrected chi connectivity index (χ2v) is 6.40. The minimum Gasteiger partial charge on any atom is -0.481 e. The molecule has 0 spiro atoms. The van der Waals surface area contributed by atoms with E-state index < -0.39 is 16.0 Å². The van der Waals surface area contributed by atoms with E-state index in [1.165, 1.54) is 0 Å². The van der Waals surface area contributed by atoms with E-state index >= 15 is 0 Å². The molecule has 1 rings (SSSR count). The van der Waals surface area contributed by atoms with Crippen LogP contribution in [0.4, 0.5) is 0 Å². The lowest BCUT2D eigenvalue weighted by Crippen LogP contribution is -2.30. The van der Waals surface area contributed by atoms with Crippen LogP contribution in [0.2, 0.25) is 0 Å². The van der Waals surface area contributed by atoms with Gasteiger partial charge in [0.25, 0.3) is 0 Å². The van der Waals surface area contributed by atoms with Crippen LogP contribution >= 0.6 is 0 Å². The van der Waals surface area contributed by atoms with E-state index in [2.05, 4.69) is 4.72 Å². The van der Waals surface area contributed by atoms with E-state index in [1.807, 2.05) is 0 Å². The molecule has 112 valence electrons. The van der Waals surface area contributed by atoms with Crippen LogP contribution in [0.1, 0.15) is 22.3 Å². The summed E-state index contributed by atoms with van der Waals surface area (Å²) >= 11 is 0. The maximum absolute atomic E-state index is 12.3. The second-order valence-electron chi connectivity index (χ2n) is 4.70. The lowest BCUT2D eigenvalue weighted by molar-refractivity contribution is -0.136. The first-order valence-corrected chi connectivity index (χ1v) is 7.70. The normalized spacial score (nSPS) is 11.6. The van der Waals surface area contributed by atoms with Gasteiger partial charge < -0.3 is 10.8 Å². The number of hydrogen-bond donors (Lipinski definition) is 3. The van der Waals surface area contributed by atoms with Gasteiger partial charge in [-0.1, -0.05) is 6.07 Å². The molecule has 1 aromatic rings.